The molecule has 15 heavy (non-hydrogen) atoms. The van der Waals surface area contributed by atoms with Gasteiger partial charge in [0.1, 0.15) is 0 Å². The van der Waals surface area contributed by atoms with Crippen LogP contribution in [0.15, 0.2) is 0 Å². The monoisotopic (exact) mass is 215 g/mol. The topological polar surface area (TPSA) is 58.4 Å². The van der Waals surface area contributed by atoms with E-state index in [0.29, 0.717) is 19.1 Å². The Morgan fingerprint density at radius 1 is 1.47 bits per heavy atom. The first-order valence-corrected chi connectivity index (χ1v) is 5.70. The maximum Gasteiger partial charge on any atom is 0.224 e. The maximum atomic E-state index is 11.5. The lowest BCUT2D eigenvalue weighted by atomic mass is 10.1. The second-order valence-corrected chi connectivity index (χ2v) is 4.21. The molecule has 0 radical (unpaired) electrons. The van der Waals surface area contributed by atoms with Crippen LogP contribution in [0.1, 0.15) is 27.2 Å². The van der Waals surface area contributed by atoms with Gasteiger partial charge in [0, 0.05) is 31.6 Å². The Kier molecular flexibility index (Phi) is 7.34. The predicted octanol–water partition coefficient (Wildman–Crippen LogP) is 0.428. The van der Waals surface area contributed by atoms with Gasteiger partial charge in [-0.25, -0.2) is 0 Å². The number of hydrogen-bond acceptors (Lipinski definition) is 3. The molecule has 4 heteroatoms. The van der Waals surface area contributed by atoms with Crippen LogP contribution in [0.3, 0.4) is 0 Å². The van der Waals surface area contributed by atoms with E-state index in [0.717, 1.165) is 13.0 Å². The molecule has 0 aliphatic carbocycles. The van der Waals surface area contributed by atoms with Crippen molar-refractivity contribution in [2.24, 2.45) is 11.7 Å². The molecule has 90 valence electrons. The number of carbonyl (C=O) groups is 1. The summed E-state index contributed by atoms with van der Waals surface area (Å²) in [7, 11) is 2.05. The van der Waals surface area contributed by atoms with Gasteiger partial charge in [-0.3, -0.25) is 4.79 Å². The summed E-state index contributed by atoms with van der Waals surface area (Å²) in [5, 5.41) is 2.91. The Morgan fingerprint density at radius 2 is 2.07 bits per heavy atom. The van der Waals surface area contributed by atoms with Crippen molar-refractivity contribution in [2.75, 3.05) is 26.7 Å². The van der Waals surface area contributed by atoms with Gasteiger partial charge in [-0.2, -0.15) is 0 Å². The normalized spacial score (nSPS) is 13.3. The molecule has 0 saturated carbocycles. The van der Waals surface area contributed by atoms with Crippen molar-refractivity contribution in [2.45, 2.75) is 33.2 Å². The lowest BCUT2D eigenvalue weighted by Gasteiger charge is -2.21. The van der Waals surface area contributed by atoms with E-state index >= 15 is 0 Å². The van der Waals surface area contributed by atoms with Crippen LogP contribution in [0.2, 0.25) is 0 Å². The molecule has 0 bridgehead atoms. The zero-order chi connectivity index (χ0) is 11.8. The van der Waals surface area contributed by atoms with Crippen molar-refractivity contribution < 1.29 is 4.79 Å². The highest BCUT2D eigenvalue weighted by Gasteiger charge is 2.13. The highest BCUT2D eigenvalue weighted by Crippen LogP contribution is 1.99. The zero-order valence-corrected chi connectivity index (χ0v) is 10.4. The smallest absolute Gasteiger partial charge is 0.224 e. The van der Waals surface area contributed by atoms with Gasteiger partial charge in [-0.15, -0.1) is 0 Å². The van der Waals surface area contributed by atoms with Crippen molar-refractivity contribution in [1.82, 2.24) is 10.2 Å². The zero-order valence-electron chi connectivity index (χ0n) is 10.4. The summed E-state index contributed by atoms with van der Waals surface area (Å²) in [5.74, 6) is 0.0477. The molecule has 0 aromatic rings. The van der Waals surface area contributed by atoms with Crippen LogP contribution < -0.4 is 11.1 Å². The third kappa shape index (κ3) is 5.74. The van der Waals surface area contributed by atoms with Gasteiger partial charge in [0.2, 0.25) is 5.91 Å². The van der Waals surface area contributed by atoms with E-state index in [1.54, 1.807) is 0 Å². The molecule has 0 aromatic heterocycles. The number of likely N-dealkylation sites (N-methyl/N-ethyl adjacent to an activating group) is 1. The SMILES string of the molecule is CCC(CN)C(=O)NCCN(C)C(C)C. The Bertz CT molecular complexity index is 179. The largest absolute Gasteiger partial charge is 0.355 e. The van der Waals surface area contributed by atoms with Crippen LogP contribution >= 0.6 is 0 Å². The molecule has 0 heterocycles. The molecule has 3 N–H and O–H groups in total. The highest BCUT2D eigenvalue weighted by atomic mass is 16.1. The summed E-state index contributed by atoms with van der Waals surface area (Å²) in [4.78, 5) is 13.7. The minimum absolute atomic E-state index is 0.0330. The lowest BCUT2D eigenvalue weighted by molar-refractivity contribution is -0.124. The van der Waals surface area contributed by atoms with Crippen molar-refractivity contribution in [1.29, 1.82) is 0 Å². The summed E-state index contributed by atoms with van der Waals surface area (Å²) in [6, 6.07) is 0.512. The molecule has 0 aromatic carbocycles. The van der Waals surface area contributed by atoms with E-state index < -0.39 is 0 Å². The maximum absolute atomic E-state index is 11.5. The van der Waals surface area contributed by atoms with Gasteiger partial charge in [0.15, 0.2) is 0 Å². The number of nitrogens with two attached hydrogens (primary N) is 1. The van der Waals surface area contributed by atoms with Crippen molar-refractivity contribution >= 4 is 5.91 Å². The first-order chi connectivity index (χ1) is 7.02. The van der Waals surface area contributed by atoms with Crippen LogP contribution in [0.5, 0.6) is 0 Å². The van der Waals surface area contributed by atoms with Crippen molar-refractivity contribution in [3.63, 3.8) is 0 Å². The van der Waals surface area contributed by atoms with E-state index in [1.165, 1.54) is 0 Å². The minimum atomic E-state index is -0.0330. The quantitative estimate of drug-likeness (QED) is 0.647. The number of nitrogens with one attached hydrogen (secondary N) is 1. The fraction of sp³-hybridized carbons (Fsp3) is 0.909. The van der Waals surface area contributed by atoms with Gasteiger partial charge in [-0.05, 0) is 27.3 Å². The predicted molar refractivity (Wildman–Crippen MR) is 63.6 cm³/mol. The number of rotatable bonds is 7. The second-order valence-electron chi connectivity index (χ2n) is 4.21. The molecule has 1 amide bonds. The molecular weight excluding hydrogens is 190 g/mol. The van der Waals surface area contributed by atoms with E-state index in [2.05, 4.69) is 31.1 Å². The van der Waals surface area contributed by atoms with Crippen LogP contribution in [0.25, 0.3) is 0 Å². The molecule has 0 aliphatic rings. The van der Waals surface area contributed by atoms with Gasteiger partial charge in [0.25, 0.3) is 0 Å². The molecule has 0 rings (SSSR count). The Labute approximate surface area is 93.2 Å². The first-order valence-electron chi connectivity index (χ1n) is 5.70. The third-order valence-electron chi connectivity index (χ3n) is 2.79. The van der Waals surface area contributed by atoms with Gasteiger partial charge in [0.05, 0.1) is 0 Å². The van der Waals surface area contributed by atoms with Crippen LogP contribution in [0, 0.1) is 5.92 Å². The van der Waals surface area contributed by atoms with Crippen LogP contribution in [0.4, 0.5) is 0 Å². The fourth-order valence-electron chi connectivity index (χ4n) is 1.22. The highest BCUT2D eigenvalue weighted by molar-refractivity contribution is 5.78. The average molecular weight is 215 g/mol. The van der Waals surface area contributed by atoms with Gasteiger partial charge >= 0.3 is 0 Å². The Balaban J connectivity index is 3.71. The number of nitrogens with zero attached hydrogens (tertiary/aromatic N) is 1. The third-order valence-corrected chi connectivity index (χ3v) is 2.79. The van der Waals surface area contributed by atoms with E-state index in [1.807, 2.05) is 6.92 Å². The Morgan fingerprint density at radius 3 is 2.47 bits per heavy atom. The molecule has 4 nitrogen and oxygen atoms in total. The van der Waals surface area contributed by atoms with E-state index in [4.69, 9.17) is 5.73 Å². The van der Waals surface area contributed by atoms with E-state index in [-0.39, 0.29) is 11.8 Å². The lowest BCUT2D eigenvalue weighted by Crippen LogP contribution is -2.40. The summed E-state index contributed by atoms with van der Waals surface area (Å²) in [5.41, 5.74) is 5.49. The minimum Gasteiger partial charge on any atom is -0.355 e. The molecular formula is C11H25N3O. The van der Waals surface area contributed by atoms with E-state index in [9.17, 15) is 4.79 Å². The molecule has 1 unspecified atom stereocenters. The Hall–Kier alpha value is -0.610. The molecule has 0 aliphatic heterocycles. The summed E-state index contributed by atoms with van der Waals surface area (Å²) in [6.07, 6.45) is 0.808. The standard InChI is InChI=1S/C11H25N3O/c1-5-10(8-12)11(15)13-6-7-14(4)9(2)3/h9-10H,5-8,12H2,1-4H3,(H,13,15). The first kappa shape index (κ1) is 14.4. The van der Waals surface area contributed by atoms with Crippen LogP contribution in [-0.4, -0.2) is 43.5 Å². The average Bonchev–Trinajstić information content (AvgIpc) is 2.19. The van der Waals surface area contributed by atoms with Gasteiger partial charge < -0.3 is 16.0 Å². The molecule has 0 fully saturated rings. The van der Waals surface area contributed by atoms with Gasteiger partial charge in [-0.1, -0.05) is 6.92 Å². The van der Waals surface area contributed by atoms with Crippen molar-refractivity contribution in [3.05, 3.63) is 0 Å². The second kappa shape index (κ2) is 7.65. The molecule has 0 saturated heterocycles. The summed E-state index contributed by atoms with van der Waals surface area (Å²) in [6.45, 7) is 8.27. The van der Waals surface area contributed by atoms with Crippen molar-refractivity contribution in [3.8, 4) is 0 Å². The molecule has 1 atom stereocenters. The summed E-state index contributed by atoms with van der Waals surface area (Å²) >= 11 is 0. The molecule has 0 spiro atoms. The number of carbonyl (C=O) groups excluding carboxylic acids is 1. The number of hydrogen-bond donors (Lipinski definition) is 2. The fourth-order valence-corrected chi connectivity index (χ4v) is 1.22. The number of amides is 1. The van der Waals surface area contributed by atoms with Crippen LogP contribution in [-0.2, 0) is 4.79 Å². The summed E-state index contributed by atoms with van der Waals surface area (Å²) < 4.78 is 0.